The number of phenolic OH excluding ortho intramolecular Hbond substituents is 1. The Morgan fingerprint density at radius 1 is 1.23 bits per heavy atom. The van der Waals surface area contributed by atoms with E-state index < -0.39 is 60.4 Å². The van der Waals surface area contributed by atoms with E-state index in [0.717, 1.165) is 6.07 Å². The van der Waals surface area contributed by atoms with Crippen LogP contribution in [-0.4, -0.2) is 40.7 Å². The zero-order valence-corrected chi connectivity index (χ0v) is 14.1. The van der Waals surface area contributed by atoms with E-state index in [2.05, 4.69) is 5.32 Å². The molecule has 0 unspecified atom stereocenters. The number of esters is 2. The lowest BCUT2D eigenvalue weighted by Crippen LogP contribution is -2.42. The number of hydrogen-bond donors (Lipinski definition) is 3. The molecular formula is C13H12N2O10S. The minimum atomic E-state index is -4.99. The number of nitro groups is 1. The van der Waals surface area contributed by atoms with Gasteiger partial charge in [0.2, 0.25) is 0 Å². The van der Waals surface area contributed by atoms with Gasteiger partial charge in [0, 0.05) is 32.2 Å². The number of non-ortho nitro benzene ring substituents is 1. The summed E-state index contributed by atoms with van der Waals surface area (Å²) in [6.45, 7) is 2.63. The predicted molar refractivity (Wildman–Crippen MR) is 82.5 cm³/mol. The average molecular weight is 388 g/mol. The summed E-state index contributed by atoms with van der Waals surface area (Å²) in [5, 5.41) is 23.0. The fourth-order valence-corrected chi connectivity index (χ4v) is 2.56. The molecule has 1 aromatic rings. The molecule has 1 aliphatic heterocycles. The van der Waals surface area contributed by atoms with Crippen molar-refractivity contribution in [2.75, 3.05) is 5.32 Å². The first-order chi connectivity index (χ1) is 11.8. The summed E-state index contributed by atoms with van der Waals surface area (Å²) < 4.78 is 41.2. The molecule has 26 heavy (non-hydrogen) atoms. The standard InChI is InChI=1S/C13H12N2O10S/c1-13(2)24-11(17)7(12(18)25-13)5-14-8-3-6(15(19)20)4-9(10(8)16)26(21,22)23/h3-5,14,16H,1-2H3,(H,21,22,23). The zero-order valence-electron chi connectivity index (χ0n) is 13.2. The van der Waals surface area contributed by atoms with Crippen LogP contribution in [0.3, 0.4) is 0 Å². The summed E-state index contributed by atoms with van der Waals surface area (Å²) in [7, 11) is -4.99. The molecule has 0 bridgehead atoms. The molecule has 1 aliphatic rings. The molecule has 3 N–H and O–H groups in total. The first-order valence-corrected chi connectivity index (χ1v) is 8.18. The van der Waals surface area contributed by atoms with E-state index in [1.54, 1.807) is 0 Å². The Hall–Kier alpha value is -3.19. The van der Waals surface area contributed by atoms with Gasteiger partial charge < -0.3 is 19.9 Å². The van der Waals surface area contributed by atoms with Crippen LogP contribution in [0, 0.1) is 10.1 Å². The fraction of sp³-hybridized carbons (Fsp3) is 0.231. The summed E-state index contributed by atoms with van der Waals surface area (Å²) in [5.41, 5.74) is -1.99. The molecule has 140 valence electrons. The average Bonchev–Trinajstić information content (AvgIpc) is 2.45. The van der Waals surface area contributed by atoms with Gasteiger partial charge in [-0.05, 0) is 0 Å². The van der Waals surface area contributed by atoms with Gasteiger partial charge in [-0.15, -0.1) is 0 Å². The maximum absolute atomic E-state index is 11.8. The number of benzene rings is 1. The Morgan fingerprint density at radius 3 is 2.23 bits per heavy atom. The monoisotopic (exact) mass is 388 g/mol. The van der Waals surface area contributed by atoms with E-state index in [9.17, 15) is 33.2 Å². The fourth-order valence-electron chi connectivity index (χ4n) is 1.93. The molecule has 0 aromatic heterocycles. The van der Waals surface area contributed by atoms with Gasteiger partial charge in [0.05, 0.1) is 10.6 Å². The first kappa shape index (κ1) is 19.1. The molecule has 0 amide bonds. The second kappa shape index (κ2) is 6.27. The summed E-state index contributed by atoms with van der Waals surface area (Å²) >= 11 is 0. The number of cyclic esters (lactones) is 2. The van der Waals surface area contributed by atoms with Crippen molar-refractivity contribution in [3.63, 3.8) is 0 Å². The van der Waals surface area contributed by atoms with Gasteiger partial charge in [-0.25, -0.2) is 9.59 Å². The van der Waals surface area contributed by atoms with Gasteiger partial charge in [-0.2, -0.15) is 8.42 Å². The van der Waals surface area contributed by atoms with Crippen molar-refractivity contribution in [1.82, 2.24) is 0 Å². The SMILES string of the molecule is CC1(C)OC(=O)C(=CNc2cc([N+](=O)[O-])cc(S(=O)(=O)O)c2O)C(=O)O1. The Kier molecular flexibility index (Phi) is 4.62. The maximum atomic E-state index is 11.8. The molecule has 1 aromatic carbocycles. The van der Waals surface area contributed by atoms with Gasteiger partial charge in [0.15, 0.2) is 11.3 Å². The number of ether oxygens (including phenoxy) is 2. The summed E-state index contributed by atoms with van der Waals surface area (Å²) in [6.07, 6.45) is 0.715. The third-order valence-electron chi connectivity index (χ3n) is 3.04. The Labute approximate surface area is 145 Å². The number of rotatable bonds is 4. The molecule has 0 saturated carbocycles. The smallest absolute Gasteiger partial charge is 0.350 e. The van der Waals surface area contributed by atoms with Crippen LogP contribution in [0.2, 0.25) is 0 Å². The largest absolute Gasteiger partial charge is 0.504 e. The van der Waals surface area contributed by atoms with Crippen LogP contribution < -0.4 is 5.32 Å². The molecule has 12 nitrogen and oxygen atoms in total. The number of hydrogen-bond acceptors (Lipinski definition) is 10. The van der Waals surface area contributed by atoms with E-state index in [1.807, 2.05) is 0 Å². The second-order valence-corrected chi connectivity index (χ2v) is 6.84. The quantitative estimate of drug-likeness (QED) is 0.125. The van der Waals surface area contributed by atoms with Gasteiger partial charge in [-0.3, -0.25) is 14.7 Å². The van der Waals surface area contributed by atoms with Crippen molar-refractivity contribution < 1.29 is 42.1 Å². The van der Waals surface area contributed by atoms with Crippen molar-refractivity contribution in [3.8, 4) is 5.75 Å². The minimum absolute atomic E-state index is 0.439. The zero-order chi connectivity index (χ0) is 19.9. The lowest BCUT2D eigenvalue weighted by molar-refractivity contribution is -0.385. The normalized spacial score (nSPS) is 16.5. The van der Waals surface area contributed by atoms with Crippen LogP contribution in [0.25, 0.3) is 0 Å². The van der Waals surface area contributed by atoms with Crippen LogP contribution in [0.4, 0.5) is 11.4 Å². The van der Waals surface area contributed by atoms with Crippen molar-refractivity contribution >= 4 is 33.4 Å². The van der Waals surface area contributed by atoms with Crippen molar-refractivity contribution in [2.45, 2.75) is 24.5 Å². The van der Waals surface area contributed by atoms with E-state index in [1.165, 1.54) is 13.8 Å². The molecule has 0 atom stereocenters. The van der Waals surface area contributed by atoms with Crippen molar-refractivity contribution in [3.05, 3.63) is 34.0 Å². The number of aromatic hydroxyl groups is 1. The van der Waals surface area contributed by atoms with Crippen LogP contribution in [0.15, 0.2) is 28.8 Å². The first-order valence-electron chi connectivity index (χ1n) is 6.74. The number of anilines is 1. The number of nitro benzene ring substituents is 1. The predicted octanol–water partition coefficient (Wildman–Crippen LogP) is 0.679. The number of nitrogens with one attached hydrogen (secondary N) is 1. The summed E-state index contributed by atoms with van der Waals surface area (Å²) in [6, 6.07) is 1.17. The second-order valence-electron chi connectivity index (χ2n) is 5.45. The maximum Gasteiger partial charge on any atom is 0.350 e. The molecule has 1 heterocycles. The molecule has 2 rings (SSSR count). The highest BCUT2D eigenvalue weighted by Gasteiger charge is 2.39. The molecule has 0 radical (unpaired) electrons. The minimum Gasteiger partial charge on any atom is -0.504 e. The molecule has 1 fully saturated rings. The van der Waals surface area contributed by atoms with Crippen LogP contribution in [-0.2, 0) is 29.2 Å². The molecule has 13 heteroatoms. The van der Waals surface area contributed by atoms with Gasteiger partial charge in [0.25, 0.3) is 21.6 Å². The van der Waals surface area contributed by atoms with Crippen LogP contribution >= 0.6 is 0 Å². The van der Waals surface area contributed by atoms with Crippen molar-refractivity contribution in [1.29, 1.82) is 0 Å². The van der Waals surface area contributed by atoms with E-state index in [0.29, 0.717) is 12.3 Å². The highest BCUT2D eigenvalue weighted by Crippen LogP contribution is 2.36. The van der Waals surface area contributed by atoms with E-state index in [-0.39, 0.29) is 0 Å². The molecule has 0 aliphatic carbocycles. The Morgan fingerprint density at radius 2 is 1.77 bits per heavy atom. The van der Waals surface area contributed by atoms with Crippen LogP contribution in [0.5, 0.6) is 5.75 Å². The number of nitrogens with zero attached hydrogens (tertiary/aromatic N) is 1. The molecule has 0 spiro atoms. The summed E-state index contributed by atoms with van der Waals surface area (Å²) in [4.78, 5) is 32.4. The third-order valence-corrected chi connectivity index (χ3v) is 3.90. The third kappa shape index (κ3) is 3.89. The highest BCUT2D eigenvalue weighted by molar-refractivity contribution is 7.86. The van der Waals surface area contributed by atoms with Gasteiger partial charge in [0.1, 0.15) is 4.90 Å². The van der Waals surface area contributed by atoms with Crippen LogP contribution in [0.1, 0.15) is 13.8 Å². The lowest BCUT2D eigenvalue weighted by Gasteiger charge is -2.29. The van der Waals surface area contributed by atoms with E-state index >= 15 is 0 Å². The van der Waals surface area contributed by atoms with Gasteiger partial charge >= 0.3 is 11.9 Å². The van der Waals surface area contributed by atoms with Gasteiger partial charge in [-0.1, -0.05) is 0 Å². The molecule has 1 saturated heterocycles. The van der Waals surface area contributed by atoms with Crippen molar-refractivity contribution in [2.24, 2.45) is 0 Å². The van der Waals surface area contributed by atoms with E-state index in [4.69, 9.17) is 14.0 Å². The number of phenols is 1. The number of carbonyl (C=O) groups excluding carboxylic acids is 2. The summed E-state index contributed by atoms with van der Waals surface area (Å²) in [5.74, 6) is -4.69. The number of carbonyl (C=O) groups is 2. The molecular weight excluding hydrogens is 376 g/mol. The highest BCUT2D eigenvalue weighted by atomic mass is 32.2. The Balaban J connectivity index is 2.47. The lowest BCUT2D eigenvalue weighted by atomic mass is 10.2. The topological polar surface area (TPSA) is 182 Å². The Bertz CT molecular complexity index is 926.